The standard InChI is InChI=1S/C29H36N6O5.Na/c36-26(31-12-4-11-29(39)40)16-32-27(37)19-34(17-22-8-3-7-21-6-1-2-10-25(21)22)18-24-9-5-13-35(24)28(38)14-23-15-30-20-33-23;/h1-3,6-8,10,15,20,24H,4-5,9,11-14,16-19H2,(H,30,33)(H,31,36)(H,32,37)(H,39,40);/q;+1/p-1/t24-;/m0./s1. The summed E-state index contributed by atoms with van der Waals surface area (Å²) in [7, 11) is 0. The monoisotopic (exact) mass is 570 g/mol. The Kier molecular flexibility index (Phi) is 12.8. The van der Waals surface area contributed by atoms with Gasteiger partial charge in [-0.05, 0) is 42.0 Å². The van der Waals surface area contributed by atoms with Crippen LogP contribution in [0.4, 0.5) is 0 Å². The summed E-state index contributed by atoms with van der Waals surface area (Å²) in [6.45, 7) is 1.73. The zero-order valence-electron chi connectivity index (χ0n) is 23.4. The number of aromatic amines is 1. The minimum Gasteiger partial charge on any atom is -0.550 e. The first kappa shape index (κ1) is 32.3. The van der Waals surface area contributed by atoms with Crippen LogP contribution in [0.3, 0.4) is 0 Å². The van der Waals surface area contributed by atoms with Crippen LogP contribution in [-0.4, -0.2) is 82.2 Å². The number of aromatic nitrogens is 2. The quantitative estimate of drug-likeness (QED) is 0.142. The minimum absolute atomic E-state index is 0. The van der Waals surface area contributed by atoms with Gasteiger partial charge in [0.2, 0.25) is 17.7 Å². The first-order chi connectivity index (χ1) is 19.4. The number of H-pyrrole nitrogens is 1. The molecule has 0 radical (unpaired) electrons. The van der Waals surface area contributed by atoms with Crippen molar-refractivity contribution in [3.05, 3.63) is 66.2 Å². The van der Waals surface area contributed by atoms with Crippen molar-refractivity contribution < 1.29 is 53.8 Å². The van der Waals surface area contributed by atoms with Crippen molar-refractivity contribution in [1.82, 2.24) is 30.4 Å². The van der Waals surface area contributed by atoms with Gasteiger partial charge in [-0.25, -0.2) is 4.98 Å². The Morgan fingerprint density at radius 1 is 1.07 bits per heavy atom. The molecule has 0 spiro atoms. The minimum atomic E-state index is -1.17. The molecule has 4 rings (SSSR count). The molecule has 3 aromatic rings. The fraction of sp³-hybridized carbons (Fsp3) is 0.414. The van der Waals surface area contributed by atoms with E-state index < -0.39 is 11.9 Å². The Hall–Kier alpha value is -3.25. The van der Waals surface area contributed by atoms with E-state index in [4.69, 9.17) is 0 Å². The fourth-order valence-electron chi connectivity index (χ4n) is 5.11. The van der Waals surface area contributed by atoms with Crippen molar-refractivity contribution in [1.29, 1.82) is 0 Å². The van der Waals surface area contributed by atoms with E-state index in [2.05, 4.69) is 26.7 Å². The van der Waals surface area contributed by atoms with Crippen molar-refractivity contribution in [2.24, 2.45) is 0 Å². The Bertz CT molecular complexity index is 1310. The first-order valence-electron chi connectivity index (χ1n) is 13.6. The molecule has 1 aliphatic rings. The van der Waals surface area contributed by atoms with Crippen molar-refractivity contribution >= 4 is 34.5 Å². The molecule has 1 atom stereocenters. The van der Waals surface area contributed by atoms with E-state index in [-0.39, 0.29) is 86.3 Å². The van der Waals surface area contributed by atoms with Crippen LogP contribution in [-0.2, 0) is 32.1 Å². The number of carboxylic acids is 1. The third kappa shape index (κ3) is 9.96. The zero-order valence-corrected chi connectivity index (χ0v) is 25.4. The number of hydrogen-bond acceptors (Lipinski definition) is 7. The summed E-state index contributed by atoms with van der Waals surface area (Å²) < 4.78 is 0. The van der Waals surface area contributed by atoms with Crippen molar-refractivity contribution in [3.63, 3.8) is 0 Å². The summed E-state index contributed by atoms with van der Waals surface area (Å²) in [5.41, 5.74) is 1.84. The number of nitrogens with zero attached hydrogens (tertiary/aromatic N) is 3. The van der Waals surface area contributed by atoms with Crippen molar-refractivity contribution in [2.75, 3.05) is 32.7 Å². The average molecular weight is 571 g/mol. The largest absolute Gasteiger partial charge is 1.00 e. The molecular weight excluding hydrogens is 535 g/mol. The van der Waals surface area contributed by atoms with Gasteiger partial charge in [0.05, 0.1) is 25.8 Å². The van der Waals surface area contributed by atoms with Crippen molar-refractivity contribution in [3.8, 4) is 0 Å². The maximum Gasteiger partial charge on any atom is 1.00 e. The van der Waals surface area contributed by atoms with Crippen LogP contribution >= 0.6 is 0 Å². The van der Waals surface area contributed by atoms with Gasteiger partial charge >= 0.3 is 29.6 Å². The molecule has 0 saturated carbocycles. The van der Waals surface area contributed by atoms with Gasteiger partial charge in [0.15, 0.2) is 0 Å². The molecule has 1 fully saturated rings. The Labute approximate surface area is 261 Å². The smallest absolute Gasteiger partial charge is 0.550 e. The summed E-state index contributed by atoms with van der Waals surface area (Å²) in [4.78, 5) is 59.5. The normalized spacial score (nSPS) is 14.6. The van der Waals surface area contributed by atoms with Gasteiger partial charge < -0.3 is 30.4 Å². The van der Waals surface area contributed by atoms with Crippen LogP contribution in [0.5, 0.6) is 0 Å². The van der Waals surface area contributed by atoms with Gasteiger partial charge in [-0.2, -0.15) is 0 Å². The SMILES string of the molecule is O=C([O-])CCCNC(=O)CNC(=O)CN(Cc1cccc2ccccc12)C[C@@H]1CCCN1C(=O)Cc1cnc[nH]1.[Na+]. The average Bonchev–Trinajstić information content (AvgIpc) is 3.62. The predicted molar refractivity (Wildman–Crippen MR) is 147 cm³/mol. The zero-order chi connectivity index (χ0) is 28.3. The molecule has 1 aromatic heterocycles. The molecule has 1 saturated heterocycles. The summed E-state index contributed by atoms with van der Waals surface area (Å²) >= 11 is 0. The van der Waals surface area contributed by atoms with E-state index in [1.807, 2.05) is 46.2 Å². The molecule has 0 unspecified atom stereocenters. The number of carbonyl (C=O) groups is 4. The number of aliphatic carboxylic acids is 1. The summed E-state index contributed by atoms with van der Waals surface area (Å²) in [6.07, 6.45) is 5.32. The third-order valence-corrected chi connectivity index (χ3v) is 7.03. The van der Waals surface area contributed by atoms with Gasteiger partial charge in [-0.1, -0.05) is 42.5 Å². The maximum atomic E-state index is 13.1. The van der Waals surface area contributed by atoms with E-state index in [1.165, 1.54) is 0 Å². The molecular formula is C29H35N6NaO5. The third-order valence-electron chi connectivity index (χ3n) is 7.03. The van der Waals surface area contributed by atoms with Gasteiger partial charge in [-0.15, -0.1) is 0 Å². The Balaban J connectivity index is 0.00000462. The first-order valence-corrected chi connectivity index (χ1v) is 13.6. The second kappa shape index (κ2) is 16.3. The van der Waals surface area contributed by atoms with Crippen LogP contribution in [0.2, 0.25) is 0 Å². The predicted octanol–water partition coefficient (Wildman–Crippen LogP) is -2.63. The molecule has 12 heteroatoms. The molecule has 11 nitrogen and oxygen atoms in total. The van der Waals surface area contributed by atoms with E-state index in [9.17, 15) is 24.3 Å². The number of nitrogens with one attached hydrogen (secondary N) is 3. The second-order valence-corrected chi connectivity index (χ2v) is 10.0. The summed E-state index contributed by atoms with van der Waals surface area (Å²) in [5.74, 6) is -1.84. The number of imidazole rings is 1. The van der Waals surface area contributed by atoms with Gasteiger partial charge in [-0.3, -0.25) is 19.3 Å². The van der Waals surface area contributed by atoms with Crippen LogP contribution in [0.25, 0.3) is 10.8 Å². The molecule has 3 amide bonds. The fourth-order valence-corrected chi connectivity index (χ4v) is 5.11. The van der Waals surface area contributed by atoms with Crippen LogP contribution < -0.4 is 45.3 Å². The van der Waals surface area contributed by atoms with Gasteiger partial charge in [0.1, 0.15) is 0 Å². The molecule has 212 valence electrons. The van der Waals surface area contributed by atoms with Crippen molar-refractivity contribution in [2.45, 2.75) is 44.7 Å². The Morgan fingerprint density at radius 2 is 1.88 bits per heavy atom. The molecule has 3 N–H and O–H groups in total. The van der Waals surface area contributed by atoms with Crippen LogP contribution in [0.15, 0.2) is 55.0 Å². The van der Waals surface area contributed by atoms with E-state index in [0.29, 0.717) is 19.6 Å². The van der Waals surface area contributed by atoms with Gasteiger partial charge in [0, 0.05) is 50.1 Å². The van der Waals surface area contributed by atoms with Crippen LogP contribution in [0, 0.1) is 0 Å². The molecule has 2 heterocycles. The second-order valence-electron chi connectivity index (χ2n) is 10.0. The topological polar surface area (TPSA) is 151 Å². The summed E-state index contributed by atoms with van der Waals surface area (Å²) in [6, 6.07) is 14.1. The molecule has 41 heavy (non-hydrogen) atoms. The van der Waals surface area contributed by atoms with E-state index in [0.717, 1.165) is 34.9 Å². The molecule has 0 bridgehead atoms. The molecule has 2 aromatic carbocycles. The number of hydrogen-bond donors (Lipinski definition) is 3. The number of fused-ring (bicyclic) bond motifs is 1. The van der Waals surface area contributed by atoms with E-state index >= 15 is 0 Å². The number of rotatable bonds is 14. The number of carbonyl (C=O) groups excluding carboxylic acids is 4. The number of carboxylic acid groups (broad SMARTS) is 1. The number of amides is 3. The summed E-state index contributed by atoms with van der Waals surface area (Å²) in [5, 5.41) is 18.0. The number of benzene rings is 2. The Morgan fingerprint density at radius 3 is 2.66 bits per heavy atom. The van der Waals surface area contributed by atoms with E-state index in [1.54, 1.807) is 12.5 Å². The van der Waals surface area contributed by atoms with Crippen LogP contribution in [0.1, 0.15) is 36.9 Å². The number of likely N-dealkylation sites (tertiary alicyclic amines) is 1. The van der Waals surface area contributed by atoms with Gasteiger partial charge in [0.25, 0.3) is 0 Å². The molecule has 1 aliphatic heterocycles. The maximum absolute atomic E-state index is 13.1. The molecule has 0 aliphatic carbocycles.